The molecule has 0 saturated heterocycles. The molecule has 3 fully saturated rings. The number of aliphatic hydroxyl groups is 1. The number of hydrogen-bond donors (Lipinski definition) is 1. The second-order valence-corrected chi connectivity index (χ2v) is 13.9. The minimum absolute atomic E-state index is 0.00571. The predicted octanol–water partition coefficient (Wildman–Crippen LogP) is 6.26. The number of aliphatic hydroxyl groups excluding tert-OH is 1. The van der Waals surface area contributed by atoms with Crippen molar-refractivity contribution in [1.82, 2.24) is 0 Å². The van der Waals surface area contributed by atoms with E-state index in [0.717, 1.165) is 6.08 Å². The molecule has 4 aliphatic carbocycles. The first kappa shape index (κ1) is 31.9. The summed E-state index contributed by atoms with van der Waals surface area (Å²) in [5.41, 5.74) is -6.85. The van der Waals surface area contributed by atoms with Crippen LogP contribution in [0.5, 0.6) is 0 Å². The van der Waals surface area contributed by atoms with Gasteiger partial charge in [-0.2, -0.15) is 0 Å². The number of fused-ring (bicyclic) bond motifs is 5. The van der Waals surface area contributed by atoms with Crippen molar-refractivity contribution in [2.75, 3.05) is 12.4 Å². The number of halogens is 3. The summed E-state index contributed by atoms with van der Waals surface area (Å²) in [4.78, 5) is 52.2. The van der Waals surface area contributed by atoms with E-state index in [9.17, 15) is 24.3 Å². The number of Topliss-reactive ketones (excluding diaryl/α,β-unsaturated/α-hetero) is 1. The maximum absolute atomic E-state index is 17.6. The summed E-state index contributed by atoms with van der Waals surface area (Å²) >= 11 is 6.61. The number of hydrogen-bond acceptors (Lipinski definition) is 8. The number of carbonyl (C=O) groups is 4. The standard InChI is InChI=1S/C32H35ClF2O7S/c1-5-41-28(40)42-32(27(39)43-16-25(37)18-6-8-19(33)9-7-18)17(2)12-21-22-14-24(34)23-13-20(36)10-11-29(23,3)31(22,35)26(38)15-30(21,32)4/h6-11,13,17,21-22,24,26,38H,5,12,14-16H2,1-4H3/t17-,21+,22+,24+,26+,29+,30+,31+,32+/m1/s1. The van der Waals surface area contributed by atoms with Gasteiger partial charge in [-0.05, 0) is 81.0 Å². The van der Waals surface area contributed by atoms with Crippen molar-refractivity contribution in [2.24, 2.45) is 28.6 Å². The van der Waals surface area contributed by atoms with Crippen LogP contribution in [0.1, 0.15) is 57.3 Å². The van der Waals surface area contributed by atoms with Gasteiger partial charge in [-0.25, -0.2) is 13.6 Å². The Morgan fingerprint density at radius 2 is 1.81 bits per heavy atom. The minimum Gasteiger partial charge on any atom is -0.435 e. The molecule has 3 saturated carbocycles. The third-order valence-corrected chi connectivity index (χ3v) is 11.7. The minimum atomic E-state index is -2.36. The van der Waals surface area contributed by atoms with E-state index in [1.165, 1.54) is 19.1 Å². The number of alkyl halides is 2. The fourth-order valence-corrected chi connectivity index (χ4v) is 9.70. The Labute approximate surface area is 258 Å². The quantitative estimate of drug-likeness (QED) is 0.288. The largest absolute Gasteiger partial charge is 0.509 e. The maximum atomic E-state index is 17.6. The van der Waals surface area contributed by atoms with Crippen molar-refractivity contribution in [3.63, 3.8) is 0 Å². The van der Waals surface area contributed by atoms with Gasteiger partial charge in [-0.1, -0.05) is 43.3 Å². The second kappa shape index (κ2) is 11.1. The van der Waals surface area contributed by atoms with Crippen LogP contribution in [-0.4, -0.2) is 63.8 Å². The number of ether oxygens (including phenoxy) is 2. The molecule has 1 aromatic rings. The van der Waals surface area contributed by atoms with Gasteiger partial charge in [0.25, 0.3) is 0 Å². The monoisotopic (exact) mass is 636 g/mol. The predicted molar refractivity (Wildman–Crippen MR) is 157 cm³/mol. The molecule has 0 aliphatic heterocycles. The van der Waals surface area contributed by atoms with E-state index in [1.807, 2.05) is 0 Å². The lowest BCUT2D eigenvalue weighted by Gasteiger charge is -2.63. The van der Waals surface area contributed by atoms with E-state index < -0.39 is 69.2 Å². The number of rotatable bonds is 6. The van der Waals surface area contributed by atoms with Crippen molar-refractivity contribution in [1.29, 1.82) is 0 Å². The smallest absolute Gasteiger partial charge is 0.435 e. The summed E-state index contributed by atoms with van der Waals surface area (Å²) in [6.45, 7) is 6.43. The van der Waals surface area contributed by atoms with Gasteiger partial charge in [-0.3, -0.25) is 14.4 Å². The van der Waals surface area contributed by atoms with Gasteiger partial charge in [-0.15, -0.1) is 0 Å². The maximum Gasteiger partial charge on any atom is 0.509 e. The lowest BCUT2D eigenvalue weighted by atomic mass is 9.44. The van der Waals surface area contributed by atoms with Crippen LogP contribution in [0.2, 0.25) is 5.02 Å². The van der Waals surface area contributed by atoms with E-state index in [-0.39, 0.29) is 43.0 Å². The van der Waals surface area contributed by atoms with Crippen LogP contribution in [-0.2, 0) is 19.1 Å². The molecule has 11 heteroatoms. The molecule has 0 bridgehead atoms. The lowest BCUT2D eigenvalue weighted by molar-refractivity contribution is -0.223. The lowest BCUT2D eigenvalue weighted by Crippen LogP contribution is -2.70. The van der Waals surface area contributed by atoms with Gasteiger partial charge in [0, 0.05) is 33.3 Å². The Balaban J connectivity index is 1.54. The summed E-state index contributed by atoms with van der Waals surface area (Å²) in [5, 5.41) is 11.5. The van der Waals surface area contributed by atoms with Gasteiger partial charge < -0.3 is 14.6 Å². The molecule has 4 aliphatic rings. The van der Waals surface area contributed by atoms with Crippen molar-refractivity contribution in [3.05, 3.63) is 58.7 Å². The van der Waals surface area contributed by atoms with Gasteiger partial charge in [0.2, 0.25) is 5.12 Å². The van der Waals surface area contributed by atoms with Crippen LogP contribution in [0.15, 0.2) is 48.1 Å². The van der Waals surface area contributed by atoms with Gasteiger partial charge in [0.05, 0.1) is 18.5 Å². The third kappa shape index (κ3) is 4.62. The molecule has 232 valence electrons. The molecular formula is C32H35ClF2O7S. The first-order valence-corrected chi connectivity index (χ1v) is 15.8. The van der Waals surface area contributed by atoms with E-state index >= 15 is 8.78 Å². The Morgan fingerprint density at radius 1 is 1.14 bits per heavy atom. The highest BCUT2D eigenvalue weighted by molar-refractivity contribution is 8.14. The summed E-state index contributed by atoms with van der Waals surface area (Å²) < 4.78 is 44.4. The Morgan fingerprint density at radius 3 is 2.47 bits per heavy atom. The Bertz CT molecular complexity index is 1410. The SMILES string of the molecule is CCOC(=O)O[C@]1(C(=O)SCC(=O)c2ccc(Cl)cc2)[C@H](C)C[C@H]2[C@@H]3C[C@H](F)C4=CC(=O)C=C[C@]4(C)[C@@]3(F)[C@@H](O)C[C@@]21C. The highest BCUT2D eigenvalue weighted by atomic mass is 35.5. The van der Waals surface area contributed by atoms with Gasteiger partial charge in [0.15, 0.2) is 22.8 Å². The molecule has 0 amide bonds. The van der Waals surface area contributed by atoms with Crippen LogP contribution < -0.4 is 0 Å². The zero-order chi connectivity index (χ0) is 31.5. The number of ketones is 2. The Kier molecular flexibility index (Phi) is 8.23. The highest BCUT2D eigenvalue weighted by Crippen LogP contribution is 2.72. The summed E-state index contributed by atoms with van der Waals surface area (Å²) in [6.07, 6.45) is -1.18. The fourth-order valence-electron chi connectivity index (χ4n) is 8.45. The first-order chi connectivity index (χ1) is 20.2. The normalized spacial score (nSPS) is 39.7. The molecule has 7 nitrogen and oxygen atoms in total. The van der Waals surface area contributed by atoms with E-state index in [0.29, 0.717) is 22.3 Å². The topological polar surface area (TPSA) is 107 Å². The van der Waals surface area contributed by atoms with Gasteiger partial charge in [0.1, 0.15) is 6.17 Å². The third-order valence-electron chi connectivity index (χ3n) is 10.5. The number of carbonyl (C=O) groups excluding carboxylic acids is 4. The average molecular weight is 637 g/mol. The zero-order valence-electron chi connectivity index (χ0n) is 24.4. The molecule has 5 rings (SSSR count). The van der Waals surface area contributed by atoms with Crippen LogP contribution in [0.4, 0.5) is 13.6 Å². The summed E-state index contributed by atoms with van der Waals surface area (Å²) in [5.74, 6) is -3.50. The molecule has 1 aromatic carbocycles. The van der Waals surface area contributed by atoms with Crippen molar-refractivity contribution in [3.8, 4) is 0 Å². The van der Waals surface area contributed by atoms with E-state index in [4.69, 9.17) is 21.1 Å². The molecule has 0 spiro atoms. The number of thioether (sulfide) groups is 1. The van der Waals surface area contributed by atoms with Crippen molar-refractivity contribution in [2.45, 2.75) is 70.5 Å². The van der Waals surface area contributed by atoms with Crippen LogP contribution in [0.3, 0.4) is 0 Å². The van der Waals surface area contributed by atoms with Crippen LogP contribution >= 0.6 is 23.4 Å². The van der Waals surface area contributed by atoms with Crippen molar-refractivity contribution < 1.29 is 42.5 Å². The molecular weight excluding hydrogens is 602 g/mol. The molecule has 9 atom stereocenters. The Hall–Kier alpha value is -2.56. The summed E-state index contributed by atoms with van der Waals surface area (Å²) in [6, 6.07) is 6.21. The van der Waals surface area contributed by atoms with Crippen LogP contribution in [0.25, 0.3) is 0 Å². The van der Waals surface area contributed by atoms with Crippen LogP contribution in [0, 0.1) is 28.6 Å². The number of benzene rings is 1. The molecule has 0 unspecified atom stereocenters. The van der Waals surface area contributed by atoms with E-state index in [2.05, 4.69) is 0 Å². The van der Waals surface area contributed by atoms with Gasteiger partial charge >= 0.3 is 6.16 Å². The molecule has 1 N–H and O–H groups in total. The van der Waals surface area contributed by atoms with E-state index in [1.54, 1.807) is 45.0 Å². The second-order valence-electron chi connectivity index (χ2n) is 12.5. The molecule has 43 heavy (non-hydrogen) atoms. The average Bonchev–Trinajstić information content (AvgIpc) is 3.17. The molecule has 0 aromatic heterocycles. The van der Waals surface area contributed by atoms with Crippen molar-refractivity contribution >= 4 is 46.2 Å². The number of allylic oxidation sites excluding steroid dienone is 4. The molecule has 0 heterocycles. The summed E-state index contributed by atoms with van der Waals surface area (Å²) in [7, 11) is 0. The highest BCUT2D eigenvalue weighted by Gasteiger charge is 2.78. The first-order valence-electron chi connectivity index (χ1n) is 14.4. The fraction of sp³-hybridized carbons (Fsp3) is 0.562. The molecule has 0 radical (unpaired) electrons. The zero-order valence-corrected chi connectivity index (χ0v) is 26.0.